The Morgan fingerprint density at radius 1 is 0.878 bits per heavy atom. The summed E-state index contributed by atoms with van der Waals surface area (Å²) in [5.74, 6) is 1.97. The van der Waals surface area contributed by atoms with Crippen molar-refractivity contribution in [3.8, 4) is 11.4 Å². The van der Waals surface area contributed by atoms with Gasteiger partial charge >= 0.3 is 6.18 Å². The van der Waals surface area contributed by atoms with Gasteiger partial charge in [-0.1, -0.05) is 68.9 Å². The van der Waals surface area contributed by atoms with E-state index in [4.69, 9.17) is 0 Å². The molecule has 262 valence electrons. The van der Waals surface area contributed by atoms with Gasteiger partial charge < -0.3 is 9.47 Å². The Hall–Kier alpha value is -3.53. The number of thioether (sulfide) groups is 1. The molecule has 0 atom stereocenters. The second-order valence-corrected chi connectivity index (χ2v) is 16.5. The number of rotatable bonds is 9. The van der Waals surface area contributed by atoms with Gasteiger partial charge in [0.1, 0.15) is 17.3 Å². The van der Waals surface area contributed by atoms with Gasteiger partial charge in [0.25, 0.3) is 0 Å². The molecule has 1 fully saturated rings. The van der Waals surface area contributed by atoms with E-state index in [0.29, 0.717) is 6.54 Å². The molecule has 2 aromatic carbocycles. The molecular weight excluding hydrogens is 674 g/mol. The summed E-state index contributed by atoms with van der Waals surface area (Å²) >= 11 is 1.68. The molecule has 0 bridgehead atoms. The quantitative estimate of drug-likeness (QED) is 0.161. The largest absolute Gasteiger partial charge is 0.433 e. The Labute approximate surface area is 289 Å². The average Bonchev–Trinajstić information content (AvgIpc) is 3.45. The lowest BCUT2D eigenvalue weighted by Gasteiger charge is -2.35. The third kappa shape index (κ3) is 7.95. The second kappa shape index (κ2) is 14.0. The molecule has 1 saturated heterocycles. The molecular formula is C34H41F3N8O2S2. The minimum Gasteiger partial charge on any atom is -0.354 e. The van der Waals surface area contributed by atoms with E-state index in [0.717, 1.165) is 65.4 Å². The summed E-state index contributed by atoms with van der Waals surface area (Å²) in [5.41, 5.74) is 1.50. The first-order valence-electron chi connectivity index (χ1n) is 16.3. The number of piperazine rings is 1. The highest BCUT2D eigenvalue weighted by Gasteiger charge is 2.37. The van der Waals surface area contributed by atoms with Gasteiger partial charge in [-0.2, -0.15) is 17.5 Å². The first-order chi connectivity index (χ1) is 23.2. The van der Waals surface area contributed by atoms with Gasteiger partial charge in [0.05, 0.1) is 4.90 Å². The number of anilines is 1. The fourth-order valence-corrected chi connectivity index (χ4v) is 8.37. The number of halogens is 3. The minimum atomic E-state index is -4.62. The Morgan fingerprint density at radius 3 is 2.31 bits per heavy atom. The van der Waals surface area contributed by atoms with Gasteiger partial charge in [-0.25, -0.2) is 18.4 Å². The molecule has 15 heteroatoms. The maximum atomic E-state index is 13.7. The fraction of sp³-hybridized carbons (Fsp3) is 0.471. The van der Waals surface area contributed by atoms with Crippen LogP contribution in [0.15, 0.2) is 64.6 Å². The molecule has 0 radical (unpaired) electrons. The lowest BCUT2D eigenvalue weighted by atomic mass is 9.95. The number of hydrogen-bond acceptors (Lipinski definition) is 9. The first kappa shape index (κ1) is 35.3. The van der Waals surface area contributed by atoms with Gasteiger partial charge in [0.15, 0.2) is 11.0 Å². The van der Waals surface area contributed by atoms with Gasteiger partial charge in [0, 0.05) is 69.1 Å². The third-order valence-electron chi connectivity index (χ3n) is 8.86. The molecule has 0 amide bonds. The molecule has 0 saturated carbocycles. The molecule has 2 aliphatic rings. The summed E-state index contributed by atoms with van der Waals surface area (Å²) in [6, 6.07) is 16.3. The Kier molecular flexibility index (Phi) is 10.1. The Morgan fingerprint density at radius 2 is 1.61 bits per heavy atom. The van der Waals surface area contributed by atoms with Gasteiger partial charge in [-0.3, -0.25) is 4.90 Å². The molecule has 0 spiro atoms. The monoisotopic (exact) mass is 714 g/mol. The standard InChI is InChI=1S/C34H41F3N8O2S2/c1-33(2,3)31-38-28(34(35,36)37)22-29(39-31)44-16-18-45(19-17-44)49(46,47)27-12-11-24-13-15-43(23-26(24)21-27)14-8-20-48-32-41-40-30(42(32)4)25-9-6-5-7-10-25/h5-7,9-12,21-22H,8,13-20,23H2,1-4H3. The van der Waals surface area contributed by atoms with E-state index >= 15 is 0 Å². The Balaban J connectivity index is 1.05. The molecule has 6 rings (SSSR count). The van der Waals surface area contributed by atoms with Crippen LogP contribution < -0.4 is 4.90 Å². The van der Waals surface area contributed by atoms with Crippen LogP contribution in [0.5, 0.6) is 0 Å². The lowest BCUT2D eigenvalue weighted by Crippen LogP contribution is -2.49. The van der Waals surface area contributed by atoms with Crippen LogP contribution >= 0.6 is 11.8 Å². The molecule has 0 N–H and O–H groups in total. The molecule has 4 aromatic rings. The van der Waals surface area contributed by atoms with Crippen LogP contribution in [-0.4, -0.2) is 87.4 Å². The number of aromatic nitrogens is 5. The van der Waals surface area contributed by atoms with Crippen molar-refractivity contribution in [2.45, 2.75) is 61.8 Å². The van der Waals surface area contributed by atoms with Crippen LogP contribution in [0.4, 0.5) is 19.0 Å². The van der Waals surface area contributed by atoms with Crippen molar-refractivity contribution < 1.29 is 21.6 Å². The predicted octanol–water partition coefficient (Wildman–Crippen LogP) is 5.64. The molecule has 2 aromatic heterocycles. The number of nitrogens with zero attached hydrogens (tertiary/aromatic N) is 8. The van der Waals surface area contributed by atoms with E-state index in [9.17, 15) is 21.6 Å². The molecule has 2 aliphatic heterocycles. The summed E-state index contributed by atoms with van der Waals surface area (Å²) in [7, 11) is -1.82. The number of alkyl halides is 3. The van der Waals surface area contributed by atoms with Crippen LogP contribution in [0.3, 0.4) is 0 Å². The molecule has 0 aliphatic carbocycles. The second-order valence-electron chi connectivity index (χ2n) is 13.5. The highest BCUT2D eigenvalue weighted by atomic mass is 32.2. The Bertz CT molecular complexity index is 1860. The zero-order valence-electron chi connectivity index (χ0n) is 28.1. The van der Waals surface area contributed by atoms with E-state index in [1.54, 1.807) is 49.6 Å². The molecule has 4 heterocycles. The van der Waals surface area contributed by atoms with Crippen molar-refractivity contribution in [2.75, 3.05) is 49.9 Å². The normalized spacial score (nSPS) is 16.6. The third-order valence-corrected chi connectivity index (χ3v) is 11.9. The summed E-state index contributed by atoms with van der Waals surface area (Å²) in [4.78, 5) is 12.5. The molecule has 0 unspecified atom stereocenters. The summed E-state index contributed by atoms with van der Waals surface area (Å²) in [6.45, 7) is 8.45. The number of sulfonamides is 1. The van der Waals surface area contributed by atoms with Gasteiger partial charge in [0.2, 0.25) is 10.0 Å². The zero-order chi connectivity index (χ0) is 35.0. The van der Waals surface area contributed by atoms with Crippen LogP contribution in [0.25, 0.3) is 11.4 Å². The van der Waals surface area contributed by atoms with Gasteiger partial charge in [-0.15, -0.1) is 10.2 Å². The minimum absolute atomic E-state index is 0.0945. The summed E-state index contributed by atoms with van der Waals surface area (Å²) in [5, 5.41) is 9.61. The summed E-state index contributed by atoms with van der Waals surface area (Å²) in [6.07, 6.45) is -2.82. The van der Waals surface area contributed by atoms with Crippen molar-refractivity contribution >= 4 is 27.6 Å². The highest BCUT2D eigenvalue weighted by Crippen LogP contribution is 2.33. The summed E-state index contributed by atoms with van der Waals surface area (Å²) < 4.78 is 71.9. The highest BCUT2D eigenvalue weighted by molar-refractivity contribution is 7.99. The first-order valence-corrected chi connectivity index (χ1v) is 18.8. The van der Waals surface area contributed by atoms with Crippen molar-refractivity contribution in [1.29, 1.82) is 0 Å². The van der Waals surface area contributed by atoms with Crippen LogP contribution in [0.2, 0.25) is 0 Å². The van der Waals surface area contributed by atoms with E-state index < -0.39 is 27.3 Å². The van der Waals surface area contributed by atoms with Crippen molar-refractivity contribution in [3.05, 3.63) is 77.2 Å². The van der Waals surface area contributed by atoms with Crippen LogP contribution in [0.1, 0.15) is 49.8 Å². The maximum Gasteiger partial charge on any atom is 0.433 e. The molecule has 49 heavy (non-hydrogen) atoms. The number of hydrogen-bond donors (Lipinski definition) is 0. The topological polar surface area (TPSA) is 100 Å². The smallest absolute Gasteiger partial charge is 0.354 e. The van der Waals surface area contributed by atoms with Crippen molar-refractivity contribution in [2.24, 2.45) is 7.05 Å². The van der Waals surface area contributed by atoms with Gasteiger partial charge in [-0.05, 0) is 42.6 Å². The van der Waals surface area contributed by atoms with Crippen molar-refractivity contribution in [3.63, 3.8) is 0 Å². The lowest BCUT2D eigenvalue weighted by molar-refractivity contribution is -0.141. The van der Waals surface area contributed by atoms with E-state index in [1.165, 1.54) is 4.31 Å². The van der Waals surface area contributed by atoms with E-state index in [1.807, 2.05) is 48.0 Å². The van der Waals surface area contributed by atoms with Crippen LogP contribution in [-0.2, 0) is 41.6 Å². The van der Waals surface area contributed by atoms with Crippen molar-refractivity contribution in [1.82, 2.24) is 33.9 Å². The van der Waals surface area contributed by atoms with E-state index in [-0.39, 0.29) is 42.7 Å². The number of benzene rings is 2. The molecule has 10 nitrogen and oxygen atoms in total. The van der Waals surface area contributed by atoms with E-state index in [2.05, 4.69) is 25.1 Å². The van der Waals surface area contributed by atoms with Crippen LogP contribution in [0, 0.1) is 0 Å². The fourth-order valence-electron chi connectivity index (χ4n) is 6.06. The SMILES string of the molecule is Cn1c(SCCCN2CCc3ccc(S(=O)(=O)N4CCN(c5cc(C(F)(F)F)nc(C(C)(C)C)n5)CC4)cc3C2)nnc1-c1ccccc1. The predicted molar refractivity (Wildman–Crippen MR) is 184 cm³/mol. The maximum absolute atomic E-state index is 13.7. The number of fused-ring (bicyclic) bond motifs is 1. The average molecular weight is 715 g/mol. The zero-order valence-corrected chi connectivity index (χ0v) is 29.7.